The number of ether oxygens (including phenoxy) is 2. The van der Waals surface area contributed by atoms with Gasteiger partial charge in [-0.25, -0.2) is 4.79 Å². The van der Waals surface area contributed by atoms with Gasteiger partial charge < -0.3 is 9.47 Å². The lowest BCUT2D eigenvalue weighted by Crippen LogP contribution is -2.32. The average Bonchev–Trinajstić information content (AvgIpc) is 2.79. The van der Waals surface area contributed by atoms with Crippen LogP contribution in [0, 0.1) is 0 Å². The fourth-order valence-corrected chi connectivity index (χ4v) is 3.23. The highest BCUT2D eigenvalue weighted by molar-refractivity contribution is 6.13. The molecule has 4 nitrogen and oxygen atoms in total. The molecule has 0 aromatic heterocycles. The Bertz CT molecular complexity index is 952. The number of hydrogen-bond acceptors (Lipinski definition) is 4. The second kappa shape index (κ2) is 11.4. The molecule has 0 aliphatic heterocycles. The van der Waals surface area contributed by atoms with Crippen molar-refractivity contribution in [3.05, 3.63) is 108 Å². The van der Waals surface area contributed by atoms with Gasteiger partial charge in [-0.05, 0) is 26.3 Å². The van der Waals surface area contributed by atoms with Crippen LogP contribution >= 0.6 is 0 Å². The second-order valence-corrected chi connectivity index (χ2v) is 8.59. The lowest BCUT2D eigenvalue weighted by atomic mass is 10.0. The summed E-state index contributed by atoms with van der Waals surface area (Å²) < 4.78 is 11.5. The summed E-state index contributed by atoms with van der Waals surface area (Å²) in [5.74, 6) is -0.342. The van der Waals surface area contributed by atoms with Crippen LogP contribution in [-0.4, -0.2) is 29.9 Å². The van der Waals surface area contributed by atoms with Crippen molar-refractivity contribution in [2.24, 2.45) is 4.99 Å². The molecule has 0 fully saturated rings. The predicted octanol–water partition coefficient (Wildman–Crippen LogP) is 5.84. The van der Waals surface area contributed by atoms with Crippen LogP contribution in [0.15, 0.2) is 96.0 Å². The van der Waals surface area contributed by atoms with Gasteiger partial charge in [-0.2, -0.15) is 0 Å². The summed E-state index contributed by atoms with van der Waals surface area (Å²) in [5, 5.41) is 0. The molecule has 0 aliphatic carbocycles. The van der Waals surface area contributed by atoms with Gasteiger partial charge in [-0.1, -0.05) is 91.0 Å². The van der Waals surface area contributed by atoms with Gasteiger partial charge in [0.05, 0.1) is 12.3 Å². The van der Waals surface area contributed by atoms with Crippen molar-refractivity contribution >= 4 is 11.7 Å². The molecular formula is C28H31NO3. The Morgan fingerprint density at radius 1 is 0.812 bits per heavy atom. The third kappa shape index (κ3) is 7.47. The molecule has 0 radical (unpaired) electrons. The molecular weight excluding hydrogens is 398 g/mol. The van der Waals surface area contributed by atoms with Crippen LogP contribution < -0.4 is 0 Å². The summed E-state index contributed by atoms with van der Waals surface area (Å²) >= 11 is 0. The predicted molar refractivity (Wildman–Crippen MR) is 129 cm³/mol. The van der Waals surface area contributed by atoms with Crippen LogP contribution in [0.25, 0.3) is 0 Å². The molecule has 3 rings (SSSR count). The zero-order valence-electron chi connectivity index (χ0n) is 19.0. The number of carbonyl (C=O) groups is 1. The maximum atomic E-state index is 13.0. The Balaban J connectivity index is 1.83. The number of esters is 1. The normalized spacial score (nSPS) is 12.1. The third-order valence-corrected chi connectivity index (χ3v) is 4.71. The van der Waals surface area contributed by atoms with Gasteiger partial charge in [0.25, 0.3) is 0 Å². The molecule has 1 unspecified atom stereocenters. The summed E-state index contributed by atoms with van der Waals surface area (Å²) in [6.45, 7) is 6.50. The Morgan fingerprint density at radius 2 is 1.31 bits per heavy atom. The lowest BCUT2D eigenvalue weighted by molar-refractivity contribution is -0.156. The van der Waals surface area contributed by atoms with Gasteiger partial charge in [0.1, 0.15) is 5.60 Å². The van der Waals surface area contributed by atoms with Crippen molar-refractivity contribution in [1.29, 1.82) is 0 Å². The Labute approximate surface area is 190 Å². The van der Waals surface area contributed by atoms with Crippen molar-refractivity contribution < 1.29 is 14.3 Å². The van der Waals surface area contributed by atoms with Gasteiger partial charge in [-0.3, -0.25) is 4.99 Å². The number of aliphatic imine (C=N–C) groups is 1. The largest absolute Gasteiger partial charge is 0.458 e. The first-order valence-corrected chi connectivity index (χ1v) is 11.0. The SMILES string of the molecule is CC(C)(C)OC(=O)C(CCOCc1ccccc1)N=C(c1ccccc1)c1ccccc1. The third-order valence-electron chi connectivity index (χ3n) is 4.71. The summed E-state index contributed by atoms with van der Waals surface area (Å²) in [6, 6.07) is 29.2. The van der Waals surface area contributed by atoms with Crippen LogP contribution in [0.1, 0.15) is 43.9 Å². The van der Waals surface area contributed by atoms with Crippen LogP contribution in [0.5, 0.6) is 0 Å². The standard InChI is InChI=1S/C28H31NO3/c1-28(2,3)32-27(30)25(19-20-31-21-22-13-7-4-8-14-22)29-26(23-15-9-5-10-16-23)24-17-11-6-12-18-24/h4-18,25H,19-21H2,1-3H3. The minimum atomic E-state index is -0.666. The maximum Gasteiger partial charge on any atom is 0.331 e. The van der Waals surface area contributed by atoms with Gasteiger partial charge in [-0.15, -0.1) is 0 Å². The topological polar surface area (TPSA) is 47.9 Å². The number of nitrogens with zero attached hydrogens (tertiary/aromatic N) is 1. The van der Waals surface area contributed by atoms with E-state index in [0.29, 0.717) is 19.6 Å². The molecule has 0 saturated carbocycles. The minimum absolute atomic E-state index is 0.342. The van der Waals surface area contributed by atoms with E-state index in [-0.39, 0.29) is 5.97 Å². The second-order valence-electron chi connectivity index (χ2n) is 8.59. The zero-order chi connectivity index (χ0) is 22.8. The highest BCUT2D eigenvalue weighted by atomic mass is 16.6. The van der Waals surface area contributed by atoms with E-state index < -0.39 is 11.6 Å². The van der Waals surface area contributed by atoms with Crippen LogP contribution in [0.3, 0.4) is 0 Å². The van der Waals surface area contributed by atoms with E-state index in [1.165, 1.54) is 0 Å². The van der Waals surface area contributed by atoms with Crippen molar-refractivity contribution in [2.75, 3.05) is 6.61 Å². The van der Waals surface area contributed by atoms with Gasteiger partial charge in [0.2, 0.25) is 0 Å². The van der Waals surface area contributed by atoms with E-state index in [1.807, 2.05) is 112 Å². The molecule has 0 bridgehead atoms. The molecule has 0 N–H and O–H groups in total. The average molecular weight is 430 g/mol. The molecule has 32 heavy (non-hydrogen) atoms. The Hall–Kier alpha value is -3.24. The van der Waals surface area contributed by atoms with Crippen molar-refractivity contribution in [3.63, 3.8) is 0 Å². The molecule has 0 spiro atoms. The maximum absolute atomic E-state index is 13.0. The van der Waals surface area contributed by atoms with Crippen LogP contribution in [-0.2, 0) is 20.9 Å². The van der Waals surface area contributed by atoms with E-state index in [2.05, 4.69) is 0 Å². The molecule has 1 atom stereocenters. The smallest absolute Gasteiger partial charge is 0.331 e. The lowest BCUT2D eigenvalue weighted by Gasteiger charge is -2.23. The molecule has 0 aliphatic rings. The van der Waals surface area contributed by atoms with Gasteiger partial charge in [0, 0.05) is 24.2 Å². The molecule has 4 heteroatoms. The van der Waals surface area contributed by atoms with E-state index in [9.17, 15) is 4.79 Å². The van der Waals surface area contributed by atoms with E-state index in [4.69, 9.17) is 14.5 Å². The van der Waals surface area contributed by atoms with Crippen molar-refractivity contribution in [3.8, 4) is 0 Å². The number of carbonyl (C=O) groups excluding carboxylic acids is 1. The summed E-state index contributed by atoms with van der Waals surface area (Å²) in [6.07, 6.45) is 0.435. The fourth-order valence-electron chi connectivity index (χ4n) is 3.23. The summed E-state index contributed by atoms with van der Waals surface area (Å²) in [7, 11) is 0. The molecule has 166 valence electrons. The minimum Gasteiger partial charge on any atom is -0.458 e. The van der Waals surface area contributed by atoms with Crippen molar-refractivity contribution in [2.45, 2.75) is 45.4 Å². The van der Waals surface area contributed by atoms with Crippen LogP contribution in [0.4, 0.5) is 0 Å². The van der Waals surface area contributed by atoms with Crippen LogP contribution in [0.2, 0.25) is 0 Å². The van der Waals surface area contributed by atoms with Gasteiger partial charge >= 0.3 is 5.97 Å². The highest BCUT2D eigenvalue weighted by Crippen LogP contribution is 2.17. The molecule has 0 amide bonds. The first-order valence-electron chi connectivity index (χ1n) is 11.0. The van der Waals surface area contributed by atoms with Gasteiger partial charge in [0.15, 0.2) is 6.04 Å². The van der Waals surface area contributed by atoms with E-state index >= 15 is 0 Å². The molecule has 3 aromatic carbocycles. The summed E-state index contributed by atoms with van der Waals surface area (Å²) in [5.41, 5.74) is 3.19. The van der Waals surface area contributed by atoms with E-state index in [1.54, 1.807) is 0 Å². The van der Waals surface area contributed by atoms with Crippen molar-refractivity contribution in [1.82, 2.24) is 0 Å². The summed E-state index contributed by atoms with van der Waals surface area (Å²) in [4.78, 5) is 17.9. The quantitative estimate of drug-likeness (QED) is 0.244. The molecule has 0 saturated heterocycles. The highest BCUT2D eigenvalue weighted by Gasteiger charge is 2.25. The first-order chi connectivity index (χ1) is 15.4. The Morgan fingerprint density at radius 3 is 1.81 bits per heavy atom. The molecule has 3 aromatic rings. The number of hydrogen-bond donors (Lipinski definition) is 0. The first kappa shape index (κ1) is 23.4. The zero-order valence-corrected chi connectivity index (χ0v) is 19.0. The number of rotatable bonds is 9. The Kier molecular flexibility index (Phi) is 8.34. The monoisotopic (exact) mass is 429 g/mol. The molecule has 0 heterocycles. The number of benzene rings is 3. The van der Waals surface area contributed by atoms with E-state index in [0.717, 1.165) is 22.4 Å². The fraction of sp³-hybridized carbons (Fsp3) is 0.286.